The lowest BCUT2D eigenvalue weighted by Gasteiger charge is -2.15. The summed E-state index contributed by atoms with van der Waals surface area (Å²) in [6, 6.07) is 19.3. The maximum Gasteiger partial charge on any atom is 0.420 e. The van der Waals surface area contributed by atoms with E-state index in [1.165, 1.54) is 60.7 Å². The Morgan fingerprint density at radius 1 is 0.630 bits per heavy atom. The summed E-state index contributed by atoms with van der Waals surface area (Å²) >= 11 is 2.11. The quantitative estimate of drug-likeness (QED) is 0.0755. The van der Waals surface area contributed by atoms with Gasteiger partial charge < -0.3 is 14.7 Å². The number of H-pyrrole nitrogens is 2. The molecule has 5 heterocycles. The number of nitrogens with one attached hydrogen (secondary N) is 2. The molecule has 0 amide bonds. The number of aromatic nitrogens is 4. The summed E-state index contributed by atoms with van der Waals surface area (Å²) < 4.78 is 96.1. The van der Waals surface area contributed by atoms with Crippen molar-refractivity contribution in [2.75, 3.05) is 6.61 Å². The summed E-state index contributed by atoms with van der Waals surface area (Å²) in [5.41, 5.74) is -1.11. The van der Waals surface area contributed by atoms with Gasteiger partial charge in [-0.05, 0) is 113 Å². The first-order valence-electron chi connectivity index (χ1n) is 16.8. The van der Waals surface area contributed by atoms with Gasteiger partial charge in [0, 0.05) is 33.8 Å². The Hall–Kier alpha value is -4.96. The van der Waals surface area contributed by atoms with Gasteiger partial charge in [0.25, 0.3) is 0 Å². The van der Waals surface area contributed by atoms with Crippen molar-refractivity contribution in [3.8, 4) is 22.3 Å². The minimum Gasteiger partial charge on any atom is -0.462 e. The van der Waals surface area contributed by atoms with E-state index in [4.69, 9.17) is 4.74 Å². The number of hydrogen-bond acceptors (Lipinski definition) is 4. The molecular formula is C40H31F6IN4O2Si. The van der Waals surface area contributed by atoms with Crippen LogP contribution in [0.15, 0.2) is 72.8 Å². The zero-order valence-electron chi connectivity index (χ0n) is 29.0. The Bertz CT molecular complexity index is 2500. The summed E-state index contributed by atoms with van der Waals surface area (Å²) in [4.78, 5) is 27.4. The van der Waals surface area contributed by atoms with Crippen LogP contribution in [0, 0.1) is 3.57 Å². The second kappa shape index (κ2) is 14.0. The summed E-state index contributed by atoms with van der Waals surface area (Å²) in [5.74, 6) is -0.540. The SMILES string of the molecule is C[Si](C)(C)CCOC(=O)c1ccc(-c2c3nc(c(C(F)(F)F)c4ccc([nH]4)c(-c4ccc(I)cc4)c4nc(c(C(F)(F)F)c5ccc2[nH]5)C=C4)C=C3)cc1. The van der Waals surface area contributed by atoms with E-state index in [1.54, 1.807) is 36.4 Å². The fraction of sp³-hybridized carbons (Fsp3) is 0.175. The number of nitrogens with zero attached hydrogens (tertiary/aromatic N) is 2. The van der Waals surface area contributed by atoms with Crippen LogP contribution in [-0.2, 0) is 17.1 Å². The minimum absolute atomic E-state index is 0.0675. The fourth-order valence-corrected chi connectivity index (χ4v) is 7.41. The molecule has 2 aromatic carbocycles. The average Bonchev–Trinajstić information content (AvgIpc) is 3.91. The van der Waals surface area contributed by atoms with Crippen molar-refractivity contribution in [2.24, 2.45) is 0 Å². The van der Waals surface area contributed by atoms with Gasteiger partial charge >= 0.3 is 18.3 Å². The number of esters is 1. The van der Waals surface area contributed by atoms with Gasteiger partial charge in [0.1, 0.15) is 11.1 Å². The van der Waals surface area contributed by atoms with Crippen molar-refractivity contribution in [3.05, 3.63) is 116 Å². The minimum atomic E-state index is -4.85. The molecule has 0 atom stereocenters. The molecule has 0 spiro atoms. The number of benzene rings is 2. The molecule has 6 nitrogen and oxygen atoms in total. The number of carbonyl (C=O) groups excluding carboxylic acids is 1. The smallest absolute Gasteiger partial charge is 0.420 e. The second-order valence-corrected chi connectivity index (χ2v) is 20.9. The number of ether oxygens (including phenoxy) is 1. The number of halogens is 7. The highest BCUT2D eigenvalue weighted by Crippen LogP contribution is 2.41. The van der Waals surface area contributed by atoms with Crippen LogP contribution < -0.4 is 0 Å². The Morgan fingerprint density at radius 3 is 1.46 bits per heavy atom. The molecule has 2 N–H and O–H groups in total. The molecule has 3 aromatic heterocycles. The molecule has 0 radical (unpaired) electrons. The number of rotatable bonds is 6. The van der Waals surface area contributed by atoms with Gasteiger partial charge in [-0.3, -0.25) is 0 Å². The molecule has 5 aromatic rings. The highest BCUT2D eigenvalue weighted by molar-refractivity contribution is 14.1. The Labute approximate surface area is 320 Å². The first-order chi connectivity index (χ1) is 25.5. The van der Waals surface area contributed by atoms with Gasteiger partial charge in [0.2, 0.25) is 0 Å². The average molecular weight is 869 g/mol. The molecule has 0 saturated heterocycles. The Kier molecular flexibility index (Phi) is 9.71. The Morgan fingerprint density at radius 2 is 1.04 bits per heavy atom. The van der Waals surface area contributed by atoms with Gasteiger partial charge in [0.15, 0.2) is 0 Å². The van der Waals surface area contributed by atoms with E-state index in [9.17, 15) is 31.1 Å². The number of carbonyl (C=O) groups is 1. The van der Waals surface area contributed by atoms with Crippen molar-refractivity contribution < 1.29 is 35.9 Å². The summed E-state index contributed by atoms with van der Waals surface area (Å²) in [7, 11) is -1.46. The van der Waals surface area contributed by atoms with Gasteiger partial charge in [-0.1, -0.05) is 43.9 Å². The third-order valence-corrected chi connectivity index (χ3v) is 11.4. The summed E-state index contributed by atoms with van der Waals surface area (Å²) in [5, 5.41) is 0. The van der Waals surface area contributed by atoms with Crippen LogP contribution in [0.1, 0.15) is 44.3 Å². The fourth-order valence-electron chi connectivity index (χ4n) is 6.33. The summed E-state index contributed by atoms with van der Waals surface area (Å²) in [6.45, 7) is 6.74. The topological polar surface area (TPSA) is 83.7 Å². The normalized spacial score (nSPS) is 13.1. The monoisotopic (exact) mass is 868 g/mol. The van der Waals surface area contributed by atoms with Crippen LogP contribution in [-0.4, -0.2) is 40.6 Å². The van der Waals surface area contributed by atoms with Gasteiger partial charge in [0.05, 0.1) is 46.0 Å². The highest BCUT2D eigenvalue weighted by atomic mass is 127. The van der Waals surface area contributed by atoms with Crippen molar-refractivity contribution in [2.45, 2.75) is 38.0 Å². The standard InChI is InChI=1S/C40H31F6IN4O2Si/c1-54(2,3)21-20-53-38(52)24-6-4-22(5-7-24)34-26-12-16-30(48-26)36(39(41,42)43)32-18-14-28(50-32)35(23-8-10-25(47)11-9-23)29-15-19-33(51-29)37(40(44,45)46)31-17-13-27(34)49-31/h4-19,48,51H,20-21H2,1-3H3. The van der Waals surface area contributed by atoms with Crippen molar-refractivity contribution in [1.29, 1.82) is 0 Å². The number of alkyl halides is 6. The lowest BCUT2D eigenvalue weighted by molar-refractivity contribution is -0.137. The van der Waals surface area contributed by atoms with Crippen LogP contribution in [0.25, 0.3) is 68.6 Å². The zero-order valence-corrected chi connectivity index (χ0v) is 32.2. The maximum absolute atomic E-state index is 15.0. The van der Waals surface area contributed by atoms with E-state index in [0.29, 0.717) is 16.7 Å². The van der Waals surface area contributed by atoms with Crippen LogP contribution in [0.4, 0.5) is 26.3 Å². The van der Waals surface area contributed by atoms with E-state index >= 15 is 0 Å². The molecule has 54 heavy (non-hydrogen) atoms. The highest BCUT2D eigenvalue weighted by Gasteiger charge is 2.38. The predicted molar refractivity (Wildman–Crippen MR) is 211 cm³/mol. The predicted octanol–water partition coefficient (Wildman–Crippen LogP) is 12.1. The largest absolute Gasteiger partial charge is 0.462 e. The van der Waals surface area contributed by atoms with Crippen molar-refractivity contribution in [3.63, 3.8) is 0 Å². The lowest BCUT2D eigenvalue weighted by atomic mass is 10.0. The number of aromatic amines is 2. The molecule has 276 valence electrons. The van der Waals surface area contributed by atoms with Gasteiger partial charge in [-0.25, -0.2) is 14.8 Å². The van der Waals surface area contributed by atoms with Crippen LogP contribution in [0.2, 0.25) is 25.7 Å². The van der Waals surface area contributed by atoms with Crippen molar-refractivity contribution in [1.82, 2.24) is 19.9 Å². The molecule has 0 fully saturated rings. The van der Waals surface area contributed by atoms with Gasteiger partial charge in [-0.15, -0.1) is 0 Å². The molecule has 14 heteroatoms. The van der Waals surface area contributed by atoms with Crippen LogP contribution in [0.5, 0.6) is 0 Å². The Balaban J connectivity index is 1.53. The second-order valence-electron chi connectivity index (χ2n) is 14.0. The van der Waals surface area contributed by atoms with Gasteiger partial charge in [-0.2, -0.15) is 26.3 Å². The van der Waals surface area contributed by atoms with E-state index in [-0.39, 0.29) is 56.9 Å². The third kappa shape index (κ3) is 7.67. The van der Waals surface area contributed by atoms with E-state index in [0.717, 1.165) is 9.61 Å². The lowest BCUT2D eigenvalue weighted by Crippen LogP contribution is -2.22. The first kappa shape index (κ1) is 37.4. The molecule has 2 aliphatic heterocycles. The first-order valence-corrected chi connectivity index (χ1v) is 21.6. The third-order valence-electron chi connectivity index (χ3n) is 8.95. The molecule has 0 aliphatic carbocycles. The zero-order chi connectivity index (χ0) is 38.6. The van der Waals surface area contributed by atoms with E-state index in [2.05, 4.69) is 62.2 Å². The van der Waals surface area contributed by atoms with E-state index < -0.39 is 43.2 Å². The molecular weight excluding hydrogens is 837 g/mol. The molecule has 2 aliphatic rings. The molecule has 8 bridgehead atoms. The molecule has 0 saturated carbocycles. The molecule has 7 rings (SSSR count). The van der Waals surface area contributed by atoms with Crippen LogP contribution >= 0.6 is 22.6 Å². The van der Waals surface area contributed by atoms with E-state index in [1.807, 2.05) is 0 Å². The van der Waals surface area contributed by atoms with Crippen molar-refractivity contribution >= 4 is 83.0 Å². The molecule has 0 unspecified atom stereocenters. The maximum atomic E-state index is 15.0. The number of hydrogen-bond donors (Lipinski definition) is 2. The van der Waals surface area contributed by atoms with Crippen LogP contribution in [0.3, 0.4) is 0 Å². The summed E-state index contributed by atoms with van der Waals surface area (Å²) in [6.07, 6.45) is -4.42. The number of fused-ring (bicyclic) bond motifs is 8.